The Morgan fingerprint density at radius 3 is 2.77 bits per heavy atom. The highest BCUT2D eigenvalue weighted by atomic mass is 16.5. The molecule has 2 rings (SSSR count). The van der Waals surface area contributed by atoms with Crippen LogP contribution in [-0.2, 0) is 20.7 Å². The first kappa shape index (κ1) is 19.8. The van der Waals surface area contributed by atoms with Gasteiger partial charge in [-0.05, 0) is 30.0 Å². The molecule has 1 saturated heterocycles. The molecular weight excluding hydrogens is 332 g/mol. The Balaban J connectivity index is 1.88. The van der Waals surface area contributed by atoms with Crippen LogP contribution < -0.4 is 10.6 Å². The Bertz CT molecular complexity index is 675. The summed E-state index contributed by atoms with van der Waals surface area (Å²) in [4.78, 5) is 30.3. The summed E-state index contributed by atoms with van der Waals surface area (Å²) >= 11 is 0. The topological polar surface area (TPSA) is 83.0 Å². The maximum atomic E-state index is 12.2. The van der Waals surface area contributed by atoms with Crippen LogP contribution in [0.25, 0.3) is 0 Å². The molecule has 2 N–H and O–H groups in total. The molecule has 1 aromatic rings. The Labute approximate surface area is 154 Å². The number of anilines is 1. The normalized spacial score (nSPS) is 20.0. The highest BCUT2D eigenvalue weighted by Crippen LogP contribution is 2.24. The van der Waals surface area contributed by atoms with Crippen LogP contribution in [0.1, 0.15) is 19.4 Å². The van der Waals surface area contributed by atoms with Gasteiger partial charge < -0.3 is 20.3 Å². The lowest BCUT2D eigenvalue weighted by Crippen LogP contribution is -2.43. The lowest BCUT2D eigenvalue weighted by Gasteiger charge is -2.21. The number of likely N-dealkylation sites (tertiary alicyclic amines) is 1. The Kier molecular flexibility index (Phi) is 7.00. The number of rotatable bonds is 5. The molecule has 1 fully saturated rings. The van der Waals surface area contributed by atoms with Gasteiger partial charge in [-0.3, -0.25) is 14.6 Å². The zero-order chi connectivity index (χ0) is 19.1. The Morgan fingerprint density at radius 1 is 1.35 bits per heavy atom. The molecule has 2 atom stereocenters. The zero-order valence-electron chi connectivity index (χ0n) is 15.9. The van der Waals surface area contributed by atoms with Crippen molar-refractivity contribution in [2.75, 3.05) is 39.1 Å². The van der Waals surface area contributed by atoms with E-state index in [9.17, 15) is 9.59 Å². The van der Waals surface area contributed by atoms with Crippen molar-refractivity contribution in [3.8, 4) is 0 Å². The van der Waals surface area contributed by atoms with Crippen LogP contribution in [0.4, 0.5) is 5.69 Å². The molecule has 0 aromatic heterocycles. The SMILES string of the molecule is CCc1cccc(NC(=O)CNC(=NC)N2CC(C)C(C(=O)OC)C2)c1. The maximum absolute atomic E-state index is 12.2. The van der Waals surface area contributed by atoms with Crippen molar-refractivity contribution in [3.05, 3.63) is 29.8 Å². The second-order valence-electron chi connectivity index (χ2n) is 6.51. The van der Waals surface area contributed by atoms with Gasteiger partial charge in [0.2, 0.25) is 5.91 Å². The first-order valence-electron chi connectivity index (χ1n) is 8.90. The summed E-state index contributed by atoms with van der Waals surface area (Å²) in [6.07, 6.45) is 0.920. The number of nitrogens with zero attached hydrogens (tertiary/aromatic N) is 2. The van der Waals surface area contributed by atoms with Crippen molar-refractivity contribution in [1.82, 2.24) is 10.2 Å². The molecule has 1 amide bonds. The van der Waals surface area contributed by atoms with E-state index in [-0.39, 0.29) is 30.3 Å². The molecule has 0 radical (unpaired) electrons. The molecule has 0 spiro atoms. The number of guanidine groups is 1. The number of aliphatic imine (C=N–C) groups is 1. The largest absolute Gasteiger partial charge is 0.469 e. The number of hydrogen-bond donors (Lipinski definition) is 2. The second kappa shape index (κ2) is 9.22. The van der Waals surface area contributed by atoms with Gasteiger partial charge in [-0.2, -0.15) is 0 Å². The number of carbonyl (C=O) groups excluding carboxylic acids is 2. The van der Waals surface area contributed by atoms with Crippen molar-refractivity contribution in [2.24, 2.45) is 16.8 Å². The minimum Gasteiger partial charge on any atom is -0.469 e. The standard InChI is InChI=1S/C19H28N4O3/c1-5-14-7-6-8-15(9-14)22-17(24)10-21-19(20-3)23-11-13(2)16(12-23)18(25)26-4/h6-9,13,16H,5,10-12H2,1-4H3,(H,20,21)(H,22,24). The number of benzene rings is 1. The van der Waals surface area contributed by atoms with E-state index < -0.39 is 0 Å². The van der Waals surface area contributed by atoms with Gasteiger partial charge in [-0.15, -0.1) is 0 Å². The molecule has 26 heavy (non-hydrogen) atoms. The number of hydrogen-bond acceptors (Lipinski definition) is 4. The molecule has 1 heterocycles. The second-order valence-corrected chi connectivity index (χ2v) is 6.51. The van der Waals surface area contributed by atoms with Crippen molar-refractivity contribution in [3.63, 3.8) is 0 Å². The van der Waals surface area contributed by atoms with E-state index in [0.29, 0.717) is 19.0 Å². The van der Waals surface area contributed by atoms with Crippen LogP contribution in [0, 0.1) is 11.8 Å². The monoisotopic (exact) mass is 360 g/mol. The van der Waals surface area contributed by atoms with Crippen molar-refractivity contribution in [2.45, 2.75) is 20.3 Å². The number of amides is 1. The van der Waals surface area contributed by atoms with Crippen LogP contribution >= 0.6 is 0 Å². The predicted molar refractivity (Wildman–Crippen MR) is 102 cm³/mol. The smallest absolute Gasteiger partial charge is 0.310 e. The van der Waals surface area contributed by atoms with E-state index in [1.54, 1.807) is 7.05 Å². The first-order chi connectivity index (χ1) is 12.5. The van der Waals surface area contributed by atoms with Crippen molar-refractivity contribution >= 4 is 23.5 Å². The van der Waals surface area contributed by atoms with Crippen LogP contribution in [0.2, 0.25) is 0 Å². The average Bonchev–Trinajstić information content (AvgIpc) is 3.03. The summed E-state index contributed by atoms with van der Waals surface area (Å²) in [5, 5.41) is 5.95. The van der Waals surface area contributed by atoms with Crippen LogP contribution in [0.15, 0.2) is 29.3 Å². The summed E-state index contributed by atoms with van der Waals surface area (Å²) in [7, 11) is 3.07. The molecule has 2 unspecified atom stereocenters. The van der Waals surface area contributed by atoms with Crippen molar-refractivity contribution < 1.29 is 14.3 Å². The molecule has 1 aliphatic rings. The molecule has 7 heteroatoms. The number of aryl methyl sites for hydroxylation is 1. The summed E-state index contributed by atoms with van der Waals surface area (Å²) in [6, 6.07) is 7.80. The third kappa shape index (κ3) is 4.97. The van der Waals surface area contributed by atoms with Crippen LogP contribution in [-0.4, -0.2) is 56.5 Å². The number of ether oxygens (including phenoxy) is 1. The summed E-state index contributed by atoms with van der Waals surface area (Å²) < 4.78 is 4.86. The molecule has 0 saturated carbocycles. The zero-order valence-corrected chi connectivity index (χ0v) is 15.9. The first-order valence-corrected chi connectivity index (χ1v) is 8.90. The molecule has 142 valence electrons. The predicted octanol–water partition coefficient (Wildman–Crippen LogP) is 1.50. The van der Waals surface area contributed by atoms with E-state index in [1.807, 2.05) is 36.1 Å². The molecule has 7 nitrogen and oxygen atoms in total. The van der Waals surface area contributed by atoms with E-state index in [1.165, 1.54) is 12.7 Å². The lowest BCUT2D eigenvalue weighted by molar-refractivity contribution is -0.146. The quantitative estimate of drug-likeness (QED) is 0.472. The van der Waals surface area contributed by atoms with Crippen LogP contribution in [0.5, 0.6) is 0 Å². The van der Waals surface area contributed by atoms with Gasteiger partial charge in [0, 0.05) is 25.8 Å². The molecular formula is C19H28N4O3. The minimum atomic E-state index is -0.205. The third-order valence-electron chi connectivity index (χ3n) is 4.65. The van der Waals surface area contributed by atoms with E-state index in [4.69, 9.17) is 4.74 Å². The van der Waals surface area contributed by atoms with E-state index in [0.717, 1.165) is 12.1 Å². The fourth-order valence-corrected chi connectivity index (χ4v) is 3.16. The van der Waals surface area contributed by atoms with Crippen molar-refractivity contribution in [1.29, 1.82) is 0 Å². The number of nitrogens with one attached hydrogen (secondary N) is 2. The summed E-state index contributed by atoms with van der Waals surface area (Å²) in [5.41, 5.74) is 1.96. The fourth-order valence-electron chi connectivity index (χ4n) is 3.16. The van der Waals surface area contributed by atoms with Gasteiger partial charge in [-0.1, -0.05) is 26.0 Å². The Morgan fingerprint density at radius 2 is 2.12 bits per heavy atom. The average molecular weight is 360 g/mol. The van der Waals surface area contributed by atoms with Crippen LogP contribution in [0.3, 0.4) is 0 Å². The summed E-state index contributed by atoms with van der Waals surface area (Å²) in [5.74, 6) is 0.261. The number of methoxy groups -OCH3 is 1. The van der Waals surface area contributed by atoms with Gasteiger partial charge in [0.15, 0.2) is 5.96 Å². The molecule has 0 aliphatic carbocycles. The minimum absolute atomic E-state index is 0.108. The highest BCUT2D eigenvalue weighted by molar-refractivity contribution is 5.95. The third-order valence-corrected chi connectivity index (χ3v) is 4.65. The highest BCUT2D eigenvalue weighted by Gasteiger charge is 2.36. The number of esters is 1. The lowest BCUT2D eigenvalue weighted by atomic mass is 9.99. The summed E-state index contributed by atoms with van der Waals surface area (Å²) in [6.45, 7) is 5.43. The molecule has 0 bridgehead atoms. The molecule has 1 aromatic carbocycles. The van der Waals surface area contributed by atoms with Gasteiger partial charge in [-0.25, -0.2) is 0 Å². The van der Waals surface area contributed by atoms with Gasteiger partial charge in [0.1, 0.15) is 0 Å². The van der Waals surface area contributed by atoms with E-state index >= 15 is 0 Å². The fraction of sp³-hybridized carbons (Fsp3) is 0.526. The van der Waals surface area contributed by atoms with Gasteiger partial charge >= 0.3 is 5.97 Å². The van der Waals surface area contributed by atoms with E-state index in [2.05, 4.69) is 22.5 Å². The number of carbonyl (C=O) groups is 2. The van der Waals surface area contributed by atoms with Gasteiger partial charge in [0.25, 0.3) is 0 Å². The Hall–Kier alpha value is -2.57. The van der Waals surface area contributed by atoms with Gasteiger partial charge in [0.05, 0.1) is 19.6 Å². The maximum Gasteiger partial charge on any atom is 0.310 e. The molecule has 1 aliphatic heterocycles.